The molecule has 2 N–H and O–H groups in total. The van der Waals surface area contributed by atoms with E-state index in [1.54, 1.807) is 43.5 Å². The third-order valence-corrected chi connectivity index (χ3v) is 4.25. The van der Waals surface area contributed by atoms with Crippen molar-refractivity contribution in [3.05, 3.63) is 76.8 Å². The predicted molar refractivity (Wildman–Crippen MR) is 102 cm³/mol. The van der Waals surface area contributed by atoms with E-state index in [1.165, 1.54) is 0 Å². The summed E-state index contributed by atoms with van der Waals surface area (Å²) in [4.78, 5) is 12.5. The number of ether oxygens (including phenoxy) is 1. The lowest BCUT2D eigenvalue weighted by Crippen LogP contribution is -2.12. The number of phenolic OH excluding ortho intramolecular Hbond substituents is 1. The van der Waals surface area contributed by atoms with E-state index < -0.39 is 0 Å². The van der Waals surface area contributed by atoms with Crippen LogP contribution in [0.15, 0.2) is 71.2 Å². The van der Waals surface area contributed by atoms with Gasteiger partial charge in [-0.25, -0.2) is 0 Å². The summed E-state index contributed by atoms with van der Waals surface area (Å²) in [6, 6.07) is 19.6. The average Bonchev–Trinajstić information content (AvgIpc) is 2.63. The van der Waals surface area contributed by atoms with Gasteiger partial charge in [0.2, 0.25) is 0 Å². The van der Waals surface area contributed by atoms with Gasteiger partial charge in [0.05, 0.1) is 12.8 Å². The van der Waals surface area contributed by atoms with Crippen molar-refractivity contribution < 1.29 is 14.6 Å². The highest BCUT2D eigenvalue weighted by Crippen LogP contribution is 2.28. The maximum Gasteiger partial charge on any atom is 0.255 e. The fraction of sp³-hybridized carbons (Fsp3) is 0.0500. The Kier molecular flexibility index (Phi) is 5.05. The van der Waals surface area contributed by atoms with Gasteiger partial charge in [0.15, 0.2) is 0 Å². The van der Waals surface area contributed by atoms with E-state index in [0.717, 1.165) is 15.6 Å². The minimum absolute atomic E-state index is 0.214. The summed E-state index contributed by atoms with van der Waals surface area (Å²) >= 11 is 3.39. The molecule has 0 atom stereocenters. The highest BCUT2D eigenvalue weighted by Gasteiger charge is 2.10. The van der Waals surface area contributed by atoms with Crippen LogP contribution >= 0.6 is 15.9 Å². The van der Waals surface area contributed by atoms with Gasteiger partial charge in [-0.15, -0.1) is 0 Å². The zero-order valence-corrected chi connectivity index (χ0v) is 15.1. The zero-order valence-electron chi connectivity index (χ0n) is 13.5. The topological polar surface area (TPSA) is 58.6 Å². The Hall–Kier alpha value is -2.79. The second-order valence-corrected chi connectivity index (χ2v) is 6.34. The molecule has 0 saturated carbocycles. The number of phenols is 1. The standard InChI is InChI=1S/C20H16BrNO3/c1-25-19-11-8-16(21)12-18(19)22-20(24)15-4-2-13(3-5-15)14-6-9-17(23)10-7-14/h2-12,23H,1H3,(H,22,24). The summed E-state index contributed by atoms with van der Waals surface area (Å²) in [5, 5.41) is 12.2. The first-order valence-corrected chi connectivity index (χ1v) is 8.40. The van der Waals surface area contributed by atoms with Crippen LogP contribution in [0.4, 0.5) is 5.69 Å². The van der Waals surface area contributed by atoms with E-state index >= 15 is 0 Å². The molecule has 1 amide bonds. The van der Waals surface area contributed by atoms with Crippen molar-refractivity contribution in [1.82, 2.24) is 0 Å². The molecule has 0 aliphatic rings. The fourth-order valence-corrected chi connectivity index (χ4v) is 2.80. The SMILES string of the molecule is COc1ccc(Br)cc1NC(=O)c1ccc(-c2ccc(O)cc2)cc1. The molecule has 25 heavy (non-hydrogen) atoms. The number of hydrogen-bond acceptors (Lipinski definition) is 3. The van der Waals surface area contributed by atoms with Gasteiger partial charge in [0.25, 0.3) is 5.91 Å². The number of hydrogen-bond donors (Lipinski definition) is 2. The quantitative estimate of drug-likeness (QED) is 0.644. The Bertz CT molecular complexity index is 890. The van der Waals surface area contributed by atoms with Gasteiger partial charge < -0.3 is 15.2 Å². The minimum Gasteiger partial charge on any atom is -0.508 e. The number of anilines is 1. The van der Waals surface area contributed by atoms with E-state index in [1.807, 2.05) is 30.3 Å². The molecule has 0 aliphatic heterocycles. The largest absolute Gasteiger partial charge is 0.508 e. The summed E-state index contributed by atoms with van der Waals surface area (Å²) in [5.41, 5.74) is 3.09. The monoisotopic (exact) mass is 397 g/mol. The predicted octanol–water partition coefficient (Wildman–Crippen LogP) is 5.08. The molecule has 0 heterocycles. The van der Waals surface area contributed by atoms with Crippen LogP contribution in [0, 0.1) is 0 Å². The molecular formula is C20H16BrNO3. The second-order valence-electron chi connectivity index (χ2n) is 5.42. The maximum atomic E-state index is 12.5. The average molecular weight is 398 g/mol. The first-order chi connectivity index (χ1) is 12.1. The van der Waals surface area contributed by atoms with Crippen molar-refractivity contribution in [3.8, 4) is 22.6 Å². The van der Waals surface area contributed by atoms with Gasteiger partial charge in [-0.1, -0.05) is 40.2 Å². The van der Waals surface area contributed by atoms with Gasteiger partial charge in [0.1, 0.15) is 11.5 Å². The molecule has 0 radical (unpaired) electrons. The molecule has 3 aromatic rings. The molecule has 3 aromatic carbocycles. The fourth-order valence-electron chi connectivity index (χ4n) is 2.44. The van der Waals surface area contributed by atoms with Crippen LogP contribution in [-0.2, 0) is 0 Å². The van der Waals surface area contributed by atoms with E-state index in [2.05, 4.69) is 21.2 Å². The van der Waals surface area contributed by atoms with Gasteiger partial charge in [-0.3, -0.25) is 4.79 Å². The van der Waals surface area contributed by atoms with Crippen molar-refractivity contribution in [1.29, 1.82) is 0 Å². The molecular weight excluding hydrogens is 382 g/mol. The highest BCUT2D eigenvalue weighted by atomic mass is 79.9. The number of methoxy groups -OCH3 is 1. The van der Waals surface area contributed by atoms with E-state index in [9.17, 15) is 9.90 Å². The molecule has 4 nitrogen and oxygen atoms in total. The van der Waals surface area contributed by atoms with Gasteiger partial charge >= 0.3 is 0 Å². The number of halogens is 1. The summed E-state index contributed by atoms with van der Waals surface area (Å²) in [6.45, 7) is 0. The Morgan fingerprint density at radius 2 is 1.56 bits per heavy atom. The normalized spacial score (nSPS) is 10.3. The van der Waals surface area contributed by atoms with Crippen LogP contribution in [0.1, 0.15) is 10.4 Å². The van der Waals surface area contributed by atoms with E-state index in [4.69, 9.17) is 4.74 Å². The number of nitrogens with one attached hydrogen (secondary N) is 1. The zero-order chi connectivity index (χ0) is 17.8. The minimum atomic E-state index is -0.214. The number of aromatic hydroxyl groups is 1. The van der Waals surface area contributed by atoms with E-state index in [0.29, 0.717) is 17.0 Å². The van der Waals surface area contributed by atoms with Gasteiger partial charge in [-0.05, 0) is 53.6 Å². The molecule has 0 fully saturated rings. The van der Waals surface area contributed by atoms with Crippen molar-refractivity contribution in [2.45, 2.75) is 0 Å². The highest BCUT2D eigenvalue weighted by molar-refractivity contribution is 9.10. The lowest BCUT2D eigenvalue weighted by molar-refractivity contribution is 0.102. The first kappa shape index (κ1) is 17.0. The molecule has 0 aliphatic carbocycles. The van der Waals surface area contributed by atoms with Crippen LogP contribution in [0.3, 0.4) is 0 Å². The molecule has 3 rings (SSSR count). The van der Waals surface area contributed by atoms with Gasteiger partial charge in [0, 0.05) is 10.0 Å². The molecule has 126 valence electrons. The maximum absolute atomic E-state index is 12.5. The summed E-state index contributed by atoms with van der Waals surface area (Å²) in [5.74, 6) is 0.605. The molecule has 0 saturated heterocycles. The molecule has 0 spiro atoms. The molecule has 5 heteroatoms. The third kappa shape index (κ3) is 4.00. The van der Waals surface area contributed by atoms with E-state index in [-0.39, 0.29) is 11.7 Å². The number of benzene rings is 3. The Morgan fingerprint density at radius 1 is 0.960 bits per heavy atom. The number of amides is 1. The summed E-state index contributed by atoms with van der Waals surface area (Å²) < 4.78 is 6.12. The number of carbonyl (C=O) groups excluding carboxylic acids is 1. The van der Waals surface area contributed by atoms with Crippen LogP contribution in [0.5, 0.6) is 11.5 Å². The second kappa shape index (κ2) is 7.40. The molecule has 0 aromatic heterocycles. The van der Waals surface area contributed by atoms with Crippen LogP contribution in [0.2, 0.25) is 0 Å². The Labute approximate surface area is 154 Å². The Morgan fingerprint density at radius 3 is 2.16 bits per heavy atom. The van der Waals surface area contributed by atoms with Crippen molar-refractivity contribution >= 4 is 27.5 Å². The summed E-state index contributed by atoms with van der Waals surface area (Å²) in [6.07, 6.45) is 0. The van der Waals surface area contributed by atoms with Crippen LogP contribution in [0.25, 0.3) is 11.1 Å². The Balaban J connectivity index is 1.79. The van der Waals surface area contributed by atoms with Gasteiger partial charge in [-0.2, -0.15) is 0 Å². The number of rotatable bonds is 4. The summed E-state index contributed by atoms with van der Waals surface area (Å²) in [7, 11) is 1.56. The smallest absolute Gasteiger partial charge is 0.255 e. The number of carbonyl (C=O) groups is 1. The van der Waals surface area contributed by atoms with Crippen molar-refractivity contribution in [2.24, 2.45) is 0 Å². The molecule has 0 unspecified atom stereocenters. The lowest BCUT2D eigenvalue weighted by atomic mass is 10.0. The van der Waals surface area contributed by atoms with Crippen LogP contribution in [-0.4, -0.2) is 18.1 Å². The third-order valence-electron chi connectivity index (χ3n) is 3.76. The molecule has 0 bridgehead atoms. The van der Waals surface area contributed by atoms with Crippen molar-refractivity contribution in [2.75, 3.05) is 12.4 Å². The van der Waals surface area contributed by atoms with Crippen molar-refractivity contribution in [3.63, 3.8) is 0 Å². The lowest BCUT2D eigenvalue weighted by Gasteiger charge is -2.11. The first-order valence-electron chi connectivity index (χ1n) is 7.61. The van der Waals surface area contributed by atoms with Crippen LogP contribution < -0.4 is 10.1 Å².